The van der Waals surface area contributed by atoms with Gasteiger partial charge in [-0.2, -0.15) is 0 Å². The van der Waals surface area contributed by atoms with Gasteiger partial charge in [-0.25, -0.2) is 0 Å². The molecule has 2 amide bonds. The number of amides is 2. The molecule has 0 radical (unpaired) electrons. The number of aliphatic imine (C=N–C) groups is 1. The van der Waals surface area contributed by atoms with Crippen LogP contribution in [0.25, 0.3) is 0 Å². The van der Waals surface area contributed by atoms with E-state index in [1.807, 2.05) is 6.92 Å². The summed E-state index contributed by atoms with van der Waals surface area (Å²) in [6.45, 7) is 2.47. The maximum absolute atomic E-state index is 12.5. The molecule has 0 aliphatic carbocycles. The second kappa shape index (κ2) is 3.91. The standard InChI is InChI=1S/C14H15N3O2/c1-14(7-4-8-16-13(14)15)17-11(18)9-5-2-3-6-10(9)12(17)19/h2-3,5-6H,4,7-8H2,1H3,(H2,15,16). The number of fused-ring (bicyclic) bond motifs is 1. The molecule has 98 valence electrons. The molecule has 1 unspecified atom stereocenters. The molecular weight excluding hydrogens is 242 g/mol. The third-order valence-corrected chi connectivity index (χ3v) is 3.94. The molecule has 2 aliphatic heterocycles. The Morgan fingerprint density at radius 3 is 2.32 bits per heavy atom. The van der Waals surface area contributed by atoms with Crippen LogP contribution in [0.1, 0.15) is 40.5 Å². The van der Waals surface area contributed by atoms with E-state index in [9.17, 15) is 9.59 Å². The zero-order valence-electron chi connectivity index (χ0n) is 10.7. The second-order valence-corrected chi connectivity index (χ2v) is 5.14. The zero-order valence-corrected chi connectivity index (χ0v) is 10.7. The fraction of sp³-hybridized carbons (Fsp3) is 0.357. The van der Waals surface area contributed by atoms with Gasteiger partial charge in [0.15, 0.2) is 0 Å². The first-order chi connectivity index (χ1) is 9.05. The topological polar surface area (TPSA) is 75.8 Å². The minimum atomic E-state index is -0.800. The summed E-state index contributed by atoms with van der Waals surface area (Å²) in [5, 5.41) is 0. The van der Waals surface area contributed by atoms with Crippen LogP contribution in [0, 0.1) is 0 Å². The number of hydrogen-bond donors (Lipinski definition) is 1. The van der Waals surface area contributed by atoms with E-state index in [0.29, 0.717) is 29.9 Å². The minimum Gasteiger partial charge on any atom is -0.385 e. The van der Waals surface area contributed by atoms with Gasteiger partial charge in [0.25, 0.3) is 11.8 Å². The Morgan fingerprint density at radius 1 is 1.21 bits per heavy atom. The van der Waals surface area contributed by atoms with Gasteiger partial charge in [0, 0.05) is 6.54 Å². The van der Waals surface area contributed by atoms with Crippen molar-refractivity contribution in [1.82, 2.24) is 4.90 Å². The highest BCUT2D eigenvalue weighted by Gasteiger charge is 2.48. The van der Waals surface area contributed by atoms with Gasteiger partial charge in [0.1, 0.15) is 11.4 Å². The van der Waals surface area contributed by atoms with Crippen molar-refractivity contribution in [3.8, 4) is 0 Å². The number of benzene rings is 1. The predicted molar refractivity (Wildman–Crippen MR) is 71.1 cm³/mol. The molecule has 2 aliphatic rings. The SMILES string of the molecule is CC1(N2C(=O)c3ccccc3C2=O)CCCN=C1N. The number of carbonyl (C=O) groups excluding carboxylic acids is 2. The van der Waals surface area contributed by atoms with Crippen molar-refractivity contribution < 1.29 is 9.59 Å². The normalized spacial score (nSPS) is 26.4. The van der Waals surface area contributed by atoms with Crippen LogP contribution in [0.5, 0.6) is 0 Å². The summed E-state index contributed by atoms with van der Waals surface area (Å²) in [6.07, 6.45) is 1.48. The summed E-state index contributed by atoms with van der Waals surface area (Å²) in [5.74, 6) is -0.181. The molecule has 3 rings (SSSR count). The van der Waals surface area contributed by atoms with E-state index < -0.39 is 5.54 Å². The average molecular weight is 257 g/mol. The fourth-order valence-electron chi connectivity index (χ4n) is 2.79. The van der Waals surface area contributed by atoms with E-state index in [0.717, 1.165) is 6.42 Å². The number of nitrogens with zero attached hydrogens (tertiary/aromatic N) is 2. The lowest BCUT2D eigenvalue weighted by atomic mass is 9.90. The molecule has 1 aromatic rings. The van der Waals surface area contributed by atoms with Crippen molar-refractivity contribution in [2.75, 3.05) is 6.54 Å². The van der Waals surface area contributed by atoms with E-state index in [1.165, 1.54) is 4.90 Å². The van der Waals surface area contributed by atoms with Crippen molar-refractivity contribution >= 4 is 17.6 Å². The highest BCUT2D eigenvalue weighted by atomic mass is 16.2. The first kappa shape index (κ1) is 11.9. The third-order valence-electron chi connectivity index (χ3n) is 3.94. The van der Waals surface area contributed by atoms with E-state index in [2.05, 4.69) is 4.99 Å². The highest BCUT2D eigenvalue weighted by Crippen LogP contribution is 2.33. The molecule has 5 heteroatoms. The van der Waals surface area contributed by atoms with Gasteiger partial charge in [-0.1, -0.05) is 12.1 Å². The van der Waals surface area contributed by atoms with Crippen molar-refractivity contribution in [3.05, 3.63) is 35.4 Å². The van der Waals surface area contributed by atoms with Crippen molar-refractivity contribution in [2.24, 2.45) is 10.7 Å². The fourth-order valence-corrected chi connectivity index (χ4v) is 2.79. The number of hydrogen-bond acceptors (Lipinski definition) is 4. The molecule has 2 N–H and O–H groups in total. The van der Waals surface area contributed by atoms with Crippen LogP contribution in [-0.4, -0.2) is 34.6 Å². The van der Waals surface area contributed by atoms with E-state index in [-0.39, 0.29) is 11.8 Å². The monoisotopic (exact) mass is 257 g/mol. The van der Waals surface area contributed by atoms with Crippen LogP contribution in [0.4, 0.5) is 0 Å². The Bertz CT molecular complexity index is 573. The molecule has 2 heterocycles. The molecular formula is C14H15N3O2. The van der Waals surface area contributed by atoms with Crippen LogP contribution >= 0.6 is 0 Å². The molecule has 0 fully saturated rings. The van der Waals surface area contributed by atoms with Crippen LogP contribution in [0.2, 0.25) is 0 Å². The Kier molecular flexibility index (Phi) is 2.45. The van der Waals surface area contributed by atoms with Crippen molar-refractivity contribution in [1.29, 1.82) is 0 Å². The van der Waals surface area contributed by atoms with Crippen molar-refractivity contribution in [3.63, 3.8) is 0 Å². The Balaban J connectivity index is 2.10. The Labute approximate surface area is 111 Å². The van der Waals surface area contributed by atoms with Gasteiger partial charge < -0.3 is 5.73 Å². The van der Waals surface area contributed by atoms with Crippen LogP contribution in [0.3, 0.4) is 0 Å². The lowest BCUT2D eigenvalue weighted by Crippen LogP contribution is -2.59. The number of rotatable bonds is 1. The average Bonchev–Trinajstić information content (AvgIpc) is 2.67. The molecule has 0 saturated heterocycles. The maximum Gasteiger partial charge on any atom is 0.262 e. The summed E-state index contributed by atoms with van der Waals surface area (Å²) >= 11 is 0. The molecule has 19 heavy (non-hydrogen) atoms. The quantitative estimate of drug-likeness (QED) is 0.768. The summed E-state index contributed by atoms with van der Waals surface area (Å²) in [5.41, 5.74) is 6.06. The summed E-state index contributed by atoms with van der Waals surface area (Å²) in [4.78, 5) is 30.4. The first-order valence-electron chi connectivity index (χ1n) is 6.34. The molecule has 1 aromatic carbocycles. The first-order valence-corrected chi connectivity index (χ1v) is 6.34. The maximum atomic E-state index is 12.5. The Hall–Kier alpha value is -2.17. The summed E-state index contributed by atoms with van der Waals surface area (Å²) < 4.78 is 0. The largest absolute Gasteiger partial charge is 0.385 e. The van der Waals surface area contributed by atoms with Crippen LogP contribution in [0.15, 0.2) is 29.3 Å². The van der Waals surface area contributed by atoms with Gasteiger partial charge in [0.05, 0.1) is 11.1 Å². The molecule has 1 atom stereocenters. The van der Waals surface area contributed by atoms with Crippen molar-refractivity contribution in [2.45, 2.75) is 25.3 Å². The number of amidine groups is 1. The zero-order chi connectivity index (χ0) is 13.6. The minimum absolute atomic E-state index is 0.275. The van der Waals surface area contributed by atoms with Crippen LogP contribution < -0.4 is 5.73 Å². The smallest absolute Gasteiger partial charge is 0.262 e. The predicted octanol–water partition coefficient (Wildman–Crippen LogP) is 1.19. The van der Waals surface area contributed by atoms with E-state index in [4.69, 9.17) is 5.73 Å². The number of nitrogens with two attached hydrogens (primary N) is 1. The van der Waals surface area contributed by atoms with Crippen LogP contribution in [-0.2, 0) is 0 Å². The van der Waals surface area contributed by atoms with Gasteiger partial charge >= 0.3 is 0 Å². The lowest BCUT2D eigenvalue weighted by molar-refractivity contribution is 0.0524. The highest BCUT2D eigenvalue weighted by molar-refractivity contribution is 6.23. The number of carbonyl (C=O) groups is 2. The molecule has 0 aromatic heterocycles. The Morgan fingerprint density at radius 2 is 1.79 bits per heavy atom. The third kappa shape index (κ3) is 1.51. The molecule has 0 spiro atoms. The van der Waals surface area contributed by atoms with Gasteiger partial charge in [-0.15, -0.1) is 0 Å². The molecule has 0 saturated carbocycles. The molecule has 5 nitrogen and oxygen atoms in total. The van der Waals surface area contributed by atoms with E-state index >= 15 is 0 Å². The summed E-state index contributed by atoms with van der Waals surface area (Å²) in [6, 6.07) is 6.87. The van der Waals surface area contributed by atoms with E-state index in [1.54, 1.807) is 24.3 Å². The number of imide groups is 1. The van der Waals surface area contributed by atoms with Gasteiger partial charge in [0.2, 0.25) is 0 Å². The van der Waals surface area contributed by atoms with Gasteiger partial charge in [-0.05, 0) is 31.9 Å². The lowest BCUT2D eigenvalue weighted by Gasteiger charge is -2.38. The second-order valence-electron chi connectivity index (χ2n) is 5.14. The summed E-state index contributed by atoms with van der Waals surface area (Å²) in [7, 11) is 0. The van der Waals surface area contributed by atoms with Gasteiger partial charge in [-0.3, -0.25) is 19.5 Å². The molecule has 0 bridgehead atoms.